The zero-order chi connectivity index (χ0) is 27.0. The average molecular weight is 708 g/mol. The molecular weight excluding hydrogens is 686 g/mol. The van der Waals surface area contributed by atoms with E-state index in [9.17, 15) is 19.5 Å². The first kappa shape index (κ1) is 36.5. The average Bonchev–Trinajstić information content (AvgIpc) is 2.75. The lowest BCUT2D eigenvalue weighted by molar-refractivity contribution is 0.0682. The van der Waals surface area contributed by atoms with E-state index in [4.69, 9.17) is 60.3 Å². The van der Waals surface area contributed by atoms with Crippen LogP contribution in [-0.2, 0) is 0 Å². The first-order valence-electron chi connectivity index (χ1n) is 8.71. The van der Waals surface area contributed by atoms with E-state index >= 15 is 0 Å². The number of halogens is 5. The number of phenols is 3. The maximum Gasteiger partial charge on any atom is 0.341 e. The van der Waals surface area contributed by atoms with E-state index in [1.165, 1.54) is 30.3 Å². The number of carbonyl (C=O) groups is 3. The fourth-order valence-corrected chi connectivity index (χ4v) is 3.96. The van der Waals surface area contributed by atoms with Crippen molar-refractivity contribution in [1.29, 1.82) is 0 Å². The second kappa shape index (κ2) is 16.2. The highest BCUT2D eigenvalue weighted by atomic mass is 79.9. The Hall–Kier alpha value is -2.70. The summed E-state index contributed by atoms with van der Waals surface area (Å²) in [5, 5.41) is 52.8. The van der Waals surface area contributed by atoms with Gasteiger partial charge in [-0.1, -0.05) is 77.7 Å². The van der Waals surface area contributed by atoms with Gasteiger partial charge in [-0.15, -0.1) is 0 Å². The van der Waals surface area contributed by atoms with Crippen molar-refractivity contribution in [3.63, 3.8) is 0 Å². The molecule has 3 aromatic carbocycles. The Balaban J connectivity index is 0. The lowest BCUT2D eigenvalue weighted by Crippen LogP contribution is -1.98. The highest BCUT2D eigenvalue weighted by Gasteiger charge is 2.20. The van der Waals surface area contributed by atoms with E-state index in [-0.39, 0.29) is 46.8 Å². The minimum absolute atomic E-state index is 0. The minimum atomic E-state index is -1.33. The lowest BCUT2D eigenvalue weighted by atomic mass is 10.2. The van der Waals surface area contributed by atoms with Crippen LogP contribution in [-0.4, -0.2) is 48.5 Å². The van der Waals surface area contributed by atoms with E-state index in [2.05, 4.69) is 31.9 Å². The van der Waals surface area contributed by atoms with Crippen molar-refractivity contribution in [3.05, 3.63) is 83.2 Å². The molecule has 3 aromatic rings. The van der Waals surface area contributed by atoms with Crippen molar-refractivity contribution in [1.82, 2.24) is 0 Å². The van der Waals surface area contributed by atoms with Crippen molar-refractivity contribution < 1.29 is 45.0 Å². The Kier molecular flexibility index (Phi) is 16.0. The molecule has 0 heterocycles. The molecule has 37 heavy (non-hydrogen) atoms. The lowest BCUT2D eigenvalue weighted by Gasteiger charge is -2.05. The van der Waals surface area contributed by atoms with Gasteiger partial charge in [-0.2, -0.15) is 0 Å². The van der Waals surface area contributed by atoms with Gasteiger partial charge in [0.05, 0.1) is 15.1 Å². The van der Waals surface area contributed by atoms with Crippen LogP contribution in [0.15, 0.2) is 51.4 Å². The molecule has 6 N–H and O–H groups in total. The summed E-state index contributed by atoms with van der Waals surface area (Å²) in [7, 11) is 0. The SMILES string of the molecule is C.C.O=C(O)c1c(O)c(Cl)cc(Br)c1Cl.O=C(O)c1cc(Br)cc(Cl)c1O.O=C(O)c1ccccc1O. The Labute approximate surface area is 243 Å². The van der Waals surface area contributed by atoms with Gasteiger partial charge in [0.2, 0.25) is 0 Å². The van der Waals surface area contributed by atoms with E-state index in [0.717, 1.165) is 0 Å². The number of hydrogen-bond acceptors (Lipinski definition) is 6. The van der Waals surface area contributed by atoms with Crippen LogP contribution in [0.4, 0.5) is 0 Å². The van der Waals surface area contributed by atoms with E-state index in [0.29, 0.717) is 8.95 Å². The van der Waals surface area contributed by atoms with Crippen molar-refractivity contribution in [2.45, 2.75) is 14.9 Å². The number of aromatic carboxylic acids is 3. The number of para-hydroxylation sites is 1. The molecule has 3 rings (SSSR count). The van der Waals surface area contributed by atoms with Crippen LogP contribution in [0.3, 0.4) is 0 Å². The third-order valence-corrected chi connectivity index (χ3v) is 6.03. The first-order valence-corrected chi connectivity index (χ1v) is 11.4. The van der Waals surface area contributed by atoms with Gasteiger partial charge in [0.1, 0.15) is 33.9 Å². The number of benzene rings is 3. The van der Waals surface area contributed by atoms with E-state index < -0.39 is 35.0 Å². The number of rotatable bonds is 3. The molecule has 0 unspecified atom stereocenters. The maximum absolute atomic E-state index is 10.6. The molecule has 0 atom stereocenters. The van der Waals surface area contributed by atoms with Crippen molar-refractivity contribution in [2.24, 2.45) is 0 Å². The van der Waals surface area contributed by atoms with E-state index in [1.807, 2.05) is 0 Å². The molecule has 0 radical (unpaired) electrons. The van der Waals surface area contributed by atoms with Crippen LogP contribution in [0.5, 0.6) is 17.2 Å². The molecule has 0 aromatic heterocycles. The fourth-order valence-electron chi connectivity index (χ4n) is 2.16. The largest absolute Gasteiger partial charge is 0.507 e. The normalized spacial score (nSPS) is 9.22. The van der Waals surface area contributed by atoms with Gasteiger partial charge < -0.3 is 30.6 Å². The topological polar surface area (TPSA) is 173 Å². The first-order chi connectivity index (χ1) is 16.2. The number of carboxylic acids is 3. The molecule has 14 heteroatoms. The molecule has 202 valence electrons. The summed E-state index contributed by atoms with van der Waals surface area (Å²) in [5.41, 5.74) is -0.682. The molecule has 0 fully saturated rings. The van der Waals surface area contributed by atoms with Gasteiger partial charge in [-0.25, -0.2) is 14.4 Å². The molecule has 9 nitrogen and oxygen atoms in total. The number of aromatic hydroxyl groups is 3. The predicted molar refractivity (Wildman–Crippen MR) is 149 cm³/mol. The second-order valence-corrected chi connectivity index (χ2v) is 9.06. The van der Waals surface area contributed by atoms with Crippen molar-refractivity contribution in [2.75, 3.05) is 0 Å². The van der Waals surface area contributed by atoms with Crippen LogP contribution >= 0.6 is 66.7 Å². The van der Waals surface area contributed by atoms with Crippen LogP contribution in [0, 0.1) is 0 Å². The molecule has 0 saturated carbocycles. The number of hydrogen-bond donors (Lipinski definition) is 6. The molecule has 0 saturated heterocycles. The Morgan fingerprint density at radius 2 is 1.16 bits per heavy atom. The van der Waals surface area contributed by atoms with Crippen molar-refractivity contribution >= 4 is 84.6 Å². The smallest absolute Gasteiger partial charge is 0.341 e. The van der Waals surface area contributed by atoms with E-state index in [1.54, 1.807) is 12.1 Å². The van der Waals surface area contributed by atoms with Crippen molar-refractivity contribution in [3.8, 4) is 17.2 Å². The summed E-state index contributed by atoms with van der Waals surface area (Å²) in [4.78, 5) is 31.4. The van der Waals surface area contributed by atoms with Crippen LogP contribution in [0.1, 0.15) is 45.9 Å². The molecular formula is C23H21Br2Cl3O9. The third-order valence-electron chi connectivity index (χ3n) is 3.75. The van der Waals surface area contributed by atoms with Gasteiger partial charge in [-0.3, -0.25) is 0 Å². The summed E-state index contributed by atoms with van der Waals surface area (Å²) in [6, 6.07) is 9.84. The zero-order valence-electron chi connectivity index (χ0n) is 16.8. The Morgan fingerprint density at radius 1 is 0.676 bits per heavy atom. The quantitative estimate of drug-likeness (QED) is 0.147. The molecule has 0 bridgehead atoms. The zero-order valence-corrected chi connectivity index (χ0v) is 22.3. The predicted octanol–water partition coefficient (Wildman–Crippen LogP) is 8.03. The third kappa shape index (κ3) is 10.3. The van der Waals surface area contributed by atoms with Crippen LogP contribution in [0.25, 0.3) is 0 Å². The molecule has 0 spiro atoms. The van der Waals surface area contributed by atoms with Gasteiger partial charge in [0, 0.05) is 8.95 Å². The van der Waals surface area contributed by atoms with Crippen LogP contribution < -0.4 is 0 Å². The van der Waals surface area contributed by atoms with Gasteiger partial charge in [0.15, 0.2) is 0 Å². The molecule has 0 aliphatic heterocycles. The minimum Gasteiger partial charge on any atom is -0.507 e. The molecule has 0 aliphatic rings. The monoisotopic (exact) mass is 704 g/mol. The molecule has 0 aliphatic carbocycles. The Bertz CT molecular complexity index is 1260. The van der Waals surface area contributed by atoms with Crippen LogP contribution in [0.2, 0.25) is 15.1 Å². The standard InChI is InChI=1S/C7H3BrCl2O3.C7H4BrClO3.C7H6O3.2CH4/c8-2-1-3(9)6(11)4(5(2)10)7(12)13;8-3-1-4(7(11)12)6(10)5(9)2-3;8-6-4-2-1-3-5(6)7(9)10;;/h1,11H,(H,12,13);1-2,10H,(H,11,12);1-4,8H,(H,9,10);2*1H4. The summed E-state index contributed by atoms with van der Waals surface area (Å²) in [5.74, 6) is -4.79. The van der Waals surface area contributed by atoms with Gasteiger partial charge in [-0.05, 0) is 46.3 Å². The summed E-state index contributed by atoms with van der Waals surface area (Å²) in [6.45, 7) is 0. The summed E-state index contributed by atoms with van der Waals surface area (Å²) in [6.07, 6.45) is 0. The second-order valence-electron chi connectivity index (χ2n) is 6.09. The maximum atomic E-state index is 10.6. The van der Waals surface area contributed by atoms with Gasteiger partial charge >= 0.3 is 17.9 Å². The number of carboxylic acid groups (broad SMARTS) is 3. The molecule has 0 amide bonds. The van der Waals surface area contributed by atoms with Gasteiger partial charge in [0.25, 0.3) is 0 Å². The summed E-state index contributed by atoms with van der Waals surface area (Å²) >= 11 is 22.7. The highest BCUT2D eigenvalue weighted by Crippen LogP contribution is 2.38. The highest BCUT2D eigenvalue weighted by molar-refractivity contribution is 9.10. The Morgan fingerprint density at radius 3 is 1.59 bits per heavy atom. The fraction of sp³-hybridized carbons (Fsp3) is 0.0870. The summed E-state index contributed by atoms with van der Waals surface area (Å²) < 4.78 is 0.845.